The highest BCUT2D eigenvalue weighted by molar-refractivity contribution is 5.84. The van der Waals surface area contributed by atoms with E-state index < -0.39 is 0 Å². The predicted molar refractivity (Wildman–Crippen MR) is 93.0 cm³/mol. The first-order chi connectivity index (χ1) is 10.9. The summed E-state index contributed by atoms with van der Waals surface area (Å²) in [5.74, 6) is -0.323. The van der Waals surface area contributed by atoms with Gasteiger partial charge in [0.25, 0.3) is 0 Å². The second-order valence-electron chi connectivity index (χ2n) is 6.11. The molecule has 0 fully saturated rings. The van der Waals surface area contributed by atoms with Crippen LogP contribution in [0, 0.1) is 6.92 Å². The SMILES string of the molecule is CCC(N)(CC)CNC(=O)CNC(=O)CCc1ccc(C)cc1. The first-order valence-electron chi connectivity index (χ1n) is 8.26. The van der Waals surface area contributed by atoms with Gasteiger partial charge in [-0.25, -0.2) is 0 Å². The Morgan fingerprint density at radius 3 is 2.22 bits per heavy atom. The van der Waals surface area contributed by atoms with Crippen LogP contribution in [0.1, 0.15) is 44.2 Å². The minimum atomic E-state index is -0.370. The number of rotatable bonds is 9. The summed E-state index contributed by atoms with van der Waals surface area (Å²) in [6, 6.07) is 8.10. The third-order valence-corrected chi connectivity index (χ3v) is 4.25. The van der Waals surface area contributed by atoms with E-state index in [2.05, 4.69) is 10.6 Å². The van der Waals surface area contributed by atoms with Crippen LogP contribution in [0.5, 0.6) is 0 Å². The smallest absolute Gasteiger partial charge is 0.239 e. The normalized spacial score (nSPS) is 11.1. The molecular weight excluding hydrogens is 290 g/mol. The minimum Gasteiger partial charge on any atom is -0.353 e. The zero-order valence-electron chi connectivity index (χ0n) is 14.4. The highest BCUT2D eigenvalue weighted by atomic mass is 16.2. The van der Waals surface area contributed by atoms with Gasteiger partial charge in [0.15, 0.2) is 0 Å². The fourth-order valence-corrected chi connectivity index (χ4v) is 2.12. The summed E-state index contributed by atoms with van der Waals surface area (Å²) < 4.78 is 0. The molecule has 0 saturated carbocycles. The summed E-state index contributed by atoms with van der Waals surface area (Å²) in [6.45, 7) is 6.46. The fourth-order valence-electron chi connectivity index (χ4n) is 2.12. The van der Waals surface area contributed by atoms with Crippen LogP contribution in [0.15, 0.2) is 24.3 Å². The van der Waals surface area contributed by atoms with Gasteiger partial charge in [-0.1, -0.05) is 43.7 Å². The Labute approximate surface area is 139 Å². The predicted octanol–water partition coefficient (Wildman–Crippen LogP) is 1.68. The molecular formula is C18H29N3O2. The van der Waals surface area contributed by atoms with Crippen LogP contribution in [0.4, 0.5) is 0 Å². The Bertz CT molecular complexity index is 508. The van der Waals surface area contributed by atoms with Crippen LogP contribution >= 0.6 is 0 Å². The highest BCUT2D eigenvalue weighted by Gasteiger charge is 2.20. The van der Waals surface area contributed by atoms with Crippen LogP contribution < -0.4 is 16.4 Å². The summed E-state index contributed by atoms with van der Waals surface area (Å²) >= 11 is 0. The van der Waals surface area contributed by atoms with Crippen molar-refractivity contribution in [1.82, 2.24) is 10.6 Å². The number of nitrogens with two attached hydrogens (primary N) is 1. The molecule has 0 aliphatic rings. The van der Waals surface area contributed by atoms with Gasteiger partial charge in [-0.05, 0) is 31.7 Å². The molecule has 0 unspecified atom stereocenters. The van der Waals surface area contributed by atoms with Gasteiger partial charge in [0.2, 0.25) is 11.8 Å². The van der Waals surface area contributed by atoms with Crippen molar-refractivity contribution in [1.29, 1.82) is 0 Å². The van der Waals surface area contributed by atoms with Crippen LogP contribution in [0.3, 0.4) is 0 Å². The molecule has 1 aromatic rings. The van der Waals surface area contributed by atoms with E-state index >= 15 is 0 Å². The number of hydrogen-bond donors (Lipinski definition) is 3. The van der Waals surface area contributed by atoms with E-state index in [-0.39, 0.29) is 23.9 Å². The van der Waals surface area contributed by atoms with Crippen molar-refractivity contribution in [3.05, 3.63) is 35.4 Å². The van der Waals surface area contributed by atoms with E-state index in [0.717, 1.165) is 18.4 Å². The quantitative estimate of drug-likeness (QED) is 0.647. The van der Waals surface area contributed by atoms with Crippen LogP contribution in [-0.4, -0.2) is 30.4 Å². The molecule has 0 atom stereocenters. The number of aryl methyl sites for hydroxylation is 2. The van der Waals surface area contributed by atoms with Crippen molar-refractivity contribution in [3.63, 3.8) is 0 Å². The Hall–Kier alpha value is -1.88. The third-order valence-electron chi connectivity index (χ3n) is 4.25. The van der Waals surface area contributed by atoms with E-state index in [4.69, 9.17) is 5.73 Å². The molecule has 0 bridgehead atoms. The minimum absolute atomic E-state index is 0.00373. The molecule has 0 aliphatic heterocycles. The first-order valence-corrected chi connectivity index (χ1v) is 8.26. The summed E-state index contributed by atoms with van der Waals surface area (Å²) in [5.41, 5.74) is 8.07. The van der Waals surface area contributed by atoms with Crippen molar-refractivity contribution in [2.45, 2.75) is 52.0 Å². The van der Waals surface area contributed by atoms with Gasteiger partial charge in [0, 0.05) is 18.5 Å². The summed E-state index contributed by atoms with van der Waals surface area (Å²) in [5, 5.41) is 5.43. The molecule has 23 heavy (non-hydrogen) atoms. The van der Waals surface area contributed by atoms with E-state index in [9.17, 15) is 9.59 Å². The van der Waals surface area contributed by atoms with Gasteiger partial charge in [-0.15, -0.1) is 0 Å². The number of amides is 2. The second kappa shape index (κ2) is 9.30. The Kier molecular flexibility index (Phi) is 7.75. The maximum Gasteiger partial charge on any atom is 0.239 e. The molecule has 128 valence electrons. The zero-order chi connectivity index (χ0) is 17.3. The number of carbonyl (C=O) groups excluding carboxylic acids is 2. The Balaban J connectivity index is 2.24. The van der Waals surface area contributed by atoms with Crippen LogP contribution in [-0.2, 0) is 16.0 Å². The lowest BCUT2D eigenvalue weighted by Crippen LogP contribution is -2.50. The maximum absolute atomic E-state index is 11.8. The number of hydrogen-bond acceptors (Lipinski definition) is 3. The molecule has 0 radical (unpaired) electrons. The lowest BCUT2D eigenvalue weighted by atomic mass is 9.94. The highest BCUT2D eigenvalue weighted by Crippen LogP contribution is 2.09. The number of carbonyl (C=O) groups is 2. The van der Waals surface area contributed by atoms with E-state index in [1.54, 1.807) is 0 Å². The lowest BCUT2D eigenvalue weighted by molar-refractivity contribution is -0.126. The van der Waals surface area contributed by atoms with Gasteiger partial charge < -0.3 is 16.4 Å². The molecule has 5 nitrogen and oxygen atoms in total. The van der Waals surface area contributed by atoms with Crippen molar-refractivity contribution in [2.75, 3.05) is 13.1 Å². The summed E-state index contributed by atoms with van der Waals surface area (Å²) in [6.07, 6.45) is 2.64. The Morgan fingerprint density at radius 2 is 1.65 bits per heavy atom. The van der Waals surface area contributed by atoms with E-state index in [1.807, 2.05) is 45.0 Å². The monoisotopic (exact) mass is 319 g/mol. The van der Waals surface area contributed by atoms with Gasteiger partial charge in [-0.3, -0.25) is 9.59 Å². The van der Waals surface area contributed by atoms with Crippen molar-refractivity contribution < 1.29 is 9.59 Å². The lowest BCUT2D eigenvalue weighted by Gasteiger charge is -2.26. The van der Waals surface area contributed by atoms with Crippen molar-refractivity contribution >= 4 is 11.8 Å². The average molecular weight is 319 g/mol. The molecule has 2 amide bonds. The molecule has 0 aliphatic carbocycles. The van der Waals surface area contributed by atoms with Crippen LogP contribution in [0.2, 0.25) is 0 Å². The molecule has 0 saturated heterocycles. The topological polar surface area (TPSA) is 84.2 Å². The second-order valence-corrected chi connectivity index (χ2v) is 6.11. The maximum atomic E-state index is 11.8. The molecule has 4 N–H and O–H groups in total. The van der Waals surface area contributed by atoms with Crippen molar-refractivity contribution in [3.8, 4) is 0 Å². The molecule has 0 aromatic heterocycles. The van der Waals surface area contributed by atoms with Crippen molar-refractivity contribution in [2.24, 2.45) is 5.73 Å². The zero-order valence-corrected chi connectivity index (χ0v) is 14.4. The number of nitrogens with one attached hydrogen (secondary N) is 2. The Morgan fingerprint density at radius 1 is 1.04 bits per heavy atom. The largest absolute Gasteiger partial charge is 0.353 e. The van der Waals surface area contributed by atoms with Gasteiger partial charge in [0.05, 0.1) is 6.54 Å². The third kappa shape index (κ3) is 7.28. The fraction of sp³-hybridized carbons (Fsp3) is 0.556. The summed E-state index contributed by atoms with van der Waals surface area (Å²) in [4.78, 5) is 23.5. The van der Waals surface area contributed by atoms with E-state index in [0.29, 0.717) is 19.4 Å². The molecule has 1 rings (SSSR count). The molecule has 0 heterocycles. The van der Waals surface area contributed by atoms with Crippen LogP contribution in [0.25, 0.3) is 0 Å². The van der Waals surface area contributed by atoms with Gasteiger partial charge in [-0.2, -0.15) is 0 Å². The standard InChI is InChI=1S/C18H29N3O2/c1-4-18(19,5-2)13-21-17(23)12-20-16(22)11-10-15-8-6-14(3)7-9-15/h6-9H,4-5,10-13,19H2,1-3H3,(H,20,22)(H,21,23). The average Bonchev–Trinajstić information content (AvgIpc) is 2.57. The number of benzene rings is 1. The molecule has 5 heteroatoms. The first kappa shape index (κ1) is 19.2. The van der Waals surface area contributed by atoms with Gasteiger partial charge in [0.1, 0.15) is 0 Å². The molecule has 0 spiro atoms. The van der Waals surface area contributed by atoms with Gasteiger partial charge >= 0.3 is 0 Å². The van der Waals surface area contributed by atoms with E-state index in [1.165, 1.54) is 5.56 Å². The summed E-state index contributed by atoms with van der Waals surface area (Å²) in [7, 11) is 0. The molecule has 1 aromatic carbocycles.